The van der Waals surface area contributed by atoms with Crippen molar-refractivity contribution in [3.63, 3.8) is 0 Å². The van der Waals surface area contributed by atoms with Crippen molar-refractivity contribution in [1.82, 2.24) is 0 Å². The average Bonchev–Trinajstić information content (AvgIpc) is 3.28. The summed E-state index contributed by atoms with van der Waals surface area (Å²) in [5, 5.41) is 0. The molecule has 6 nitrogen and oxygen atoms in total. The van der Waals surface area contributed by atoms with Crippen molar-refractivity contribution in [3.8, 4) is 0 Å². The first-order valence-electron chi connectivity index (χ1n) is 22.9. The summed E-state index contributed by atoms with van der Waals surface area (Å²) in [6.07, 6.45) is 21.4. The lowest BCUT2D eigenvalue weighted by atomic mass is 9.91. The maximum atomic E-state index is 7.05. The highest BCUT2D eigenvalue weighted by Crippen LogP contribution is 2.33. The Balaban J connectivity index is 1.23. The summed E-state index contributed by atoms with van der Waals surface area (Å²) in [6, 6.07) is 41.1. The van der Waals surface area contributed by atoms with E-state index in [9.17, 15) is 0 Å². The van der Waals surface area contributed by atoms with Crippen LogP contribution >= 0.6 is 0 Å². The van der Waals surface area contributed by atoms with Gasteiger partial charge < -0.3 is 29.4 Å². The predicted molar refractivity (Wildman–Crippen MR) is 242 cm³/mol. The highest BCUT2D eigenvalue weighted by Gasteiger charge is 2.48. The molecule has 1 heterocycles. The fourth-order valence-corrected chi connectivity index (χ4v) is 7.94. The second-order valence-electron chi connectivity index (χ2n) is 16.3. The van der Waals surface area contributed by atoms with Crippen LogP contribution in [0.15, 0.2) is 133 Å². The molecule has 0 amide bonds. The van der Waals surface area contributed by atoms with Crippen LogP contribution in [0.25, 0.3) is 0 Å². The van der Waals surface area contributed by atoms with Crippen LogP contribution in [-0.4, -0.2) is 43.2 Å². The van der Waals surface area contributed by atoms with Gasteiger partial charge in [-0.2, -0.15) is 0 Å². The van der Waals surface area contributed by atoms with E-state index in [-0.39, 0.29) is 18.2 Å². The van der Waals surface area contributed by atoms with Crippen molar-refractivity contribution in [2.24, 2.45) is 5.73 Å². The molecule has 5 rings (SSSR count). The molecule has 59 heavy (non-hydrogen) atoms. The summed E-state index contributed by atoms with van der Waals surface area (Å²) in [7, 11) is 0. The molecule has 0 spiro atoms. The largest absolute Gasteiger partial charge is 0.374 e. The van der Waals surface area contributed by atoms with Crippen LogP contribution in [0.5, 0.6) is 0 Å². The monoisotopic (exact) mass is 804 g/mol. The molecular weight excluding hydrogens is 731 g/mol. The van der Waals surface area contributed by atoms with Gasteiger partial charge in [0.2, 0.25) is 0 Å². The minimum absolute atomic E-state index is 0.0748. The van der Waals surface area contributed by atoms with Crippen molar-refractivity contribution >= 4 is 0 Å². The third-order valence-corrected chi connectivity index (χ3v) is 11.4. The fourth-order valence-electron chi connectivity index (χ4n) is 7.94. The van der Waals surface area contributed by atoms with Crippen LogP contribution in [0.4, 0.5) is 0 Å². The molecule has 2 N–H and O–H groups in total. The lowest BCUT2D eigenvalue weighted by Crippen LogP contribution is -2.61. The standard InChI is InChI=1S/C53H73NO5/c1-2-3-4-5-6-7-8-9-10-11-12-13-14-27-36-48(54)37-38-49-51(56-40-45-30-21-16-22-31-45)53(58-42-47-34-25-18-26-35-47)52(57-41-46-32-23-17-24-33-46)50(59-49)43-55-39-44-28-19-15-20-29-44/h15-36,48-53H,2-14,37-43,54H2,1H3/b36-27+/t48-,49-,50-,51+,52+,53-/m1/s1. The van der Waals surface area contributed by atoms with Crippen molar-refractivity contribution in [2.45, 2.75) is 166 Å². The lowest BCUT2D eigenvalue weighted by molar-refractivity contribution is -0.273. The van der Waals surface area contributed by atoms with E-state index in [4.69, 9.17) is 29.4 Å². The van der Waals surface area contributed by atoms with Gasteiger partial charge in [-0.15, -0.1) is 0 Å². The zero-order valence-corrected chi connectivity index (χ0v) is 35.9. The number of nitrogens with two attached hydrogens (primary N) is 1. The molecule has 320 valence electrons. The maximum absolute atomic E-state index is 7.05. The quantitative estimate of drug-likeness (QED) is 0.0418. The Hall–Kier alpha value is -3.62. The molecule has 1 saturated heterocycles. The van der Waals surface area contributed by atoms with E-state index in [0.717, 1.165) is 41.5 Å². The number of hydrogen-bond donors (Lipinski definition) is 1. The van der Waals surface area contributed by atoms with Gasteiger partial charge in [0.1, 0.15) is 24.4 Å². The summed E-state index contributed by atoms with van der Waals surface area (Å²) in [5.41, 5.74) is 11.2. The number of benzene rings is 4. The molecule has 1 aliphatic heterocycles. The zero-order valence-electron chi connectivity index (χ0n) is 35.9. The van der Waals surface area contributed by atoms with E-state index < -0.39 is 18.3 Å². The first-order chi connectivity index (χ1) is 29.2. The molecule has 0 unspecified atom stereocenters. The van der Waals surface area contributed by atoms with E-state index >= 15 is 0 Å². The molecule has 1 aliphatic rings. The zero-order chi connectivity index (χ0) is 41.0. The number of allylic oxidation sites excluding steroid dienone is 1. The van der Waals surface area contributed by atoms with Crippen LogP contribution < -0.4 is 5.73 Å². The summed E-state index contributed by atoms with van der Waals surface area (Å²) in [5.74, 6) is 0. The van der Waals surface area contributed by atoms with Crippen molar-refractivity contribution in [2.75, 3.05) is 6.61 Å². The highest BCUT2D eigenvalue weighted by molar-refractivity contribution is 5.16. The van der Waals surface area contributed by atoms with Gasteiger partial charge in [0.25, 0.3) is 0 Å². The summed E-state index contributed by atoms with van der Waals surface area (Å²) in [6.45, 7) is 4.39. The van der Waals surface area contributed by atoms with Crippen LogP contribution in [0.1, 0.15) is 125 Å². The van der Waals surface area contributed by atoms with Crippen LogP contribution in [-0.2, 0) is 50.1 Å². The predicted octanol–water partition coefficient (Wildman–Crippen LogP) is 12.5. The molecular formula is C53H73NO5. The van der Waals surface area contributed by atoms with E-state index in [0.29, 0.717) is 33.0 Å². The van der Waals surface area contributed by atoms with E-state index in [1.165, 1.54) is 77.0 Å². The number of unbranched alkanes of at least 4 members (excludes halogenated alkanes) is 12. The Labute approximate surface area is 356 Å². The Morgan fingerprint density at radius 3 is 1.39 bits per heavy atom. The molecule has 4 aromatic rings. The first-order valence-corrected chi connectivity index (χ1v) is 22.9. The maximum Gasteiger partial charge on any atom is 0.115 e. The lowest BCUT2D eigenvalue weighted by Gasteiger charge is -2.46. The summed E-state index contributed by atoms with van der Waals surface area (Å²) < 4.78 is 34.1. The Morgan fingerprint density at radius 1 is 0.508 bits per heavy atom. The number of hydrogen-bond acceptors (Lipinski definition) is 6. The van der Waals surface area contributed by atoms with Gasteiger partial charge in [0.15, 0.2) is 0 Å². The summed E-state index contributed by atoms with van der Waals surface area (Å²) >= 11 is 0. The second-order valence-corrected chi connectivity index (χ2v) is 16.3. The van der Waals surface area contributed by atoms with Gasteiger partial charge >= 0.3 is 0 Å². The molecule has 0 bridgehead atoms. The van der Waals surface area contributed by atoms with Gasteiger partial charge in [-0.1, -0.05) is 211 Å². The van der Waals surface area contributed by atoms with Gasteiger partial charge in [0, 0.05) is 6.04 Å². The molecule has 0 saturated carbocycles. The van der Waals surface area contributed by atoms with E-state index in [2.05, 4.69) is 67.6 Å². The van der Waals surface area contributed by atoms with E-state index in [1.807, 2.05) is 72.8 Å². The molecule has 1 fully saturated rings. The summed E-state index contributed by atoms with van der Waals surface area (Å²) in [4.78, 5) is 0. The molecule has 0 aliphatic carbocycles. The van der Waals surface area contributed by atoms with Gasteiger partial charge in [-0.05, 0) is 47.9 Å². The number of rotatable bonds is 30. The van der Waals surface area contributed by atoms with Crippen LogP contribution in [0, 0.1) is 0 Å². The normalized spacial score (nSPS) is 19.9. The third kappa shape index (κ3) is 18.3. The van der Waals surface area contributed by atoms with Gasteiger partial charge in [-0.3, -0.25) is 0 Å². The highest BCUT2D eigenvalue weighted by atomic mass is 16.6. The number of ether oxygens (including phenoxy) is 5. The minimum Gasteiger partial charge on any atom is -0.374 e. The van der Waals surface area contributed by atoms with Crippen molar-refractivity contribution in [3.05, 3.63) is 156 Å². The van der Waals surface area contributed by atoms with Gasteiger partial charge in [-0.25, -0.2) is 0 Å². The minimum atomic E-state index is -0.448. The van der Waals surface area contributed by atoms with Gasteiger partial charge in [0.05, 0.1) is 39.1 Å². The average molecular weight is 804 g/mol. The Kier molecular flexibility index (Phi) is 22.7. The van der Waals surface area contributed by atoms with Crippen molar-refractivity contribution in [1.29, 1.82) is 0 Å². The smallest absolute Gasteiger partial charge is 0.115 e. The third-order valence-electron chi connectivity index (χ3n) is 11.4. The van der Waals surface area contributed by atoms with E-state index in [1.54, 1.807) is 0 Å². The van der Waals surface area contributed by atoms with Crippen LogP contribution in [0.2, 0.25) is 0 Å². The molecule has 4 aromatic carbocycles. The second kappa shape index (κ2) is 28.8. The molecule has 0 radical (unpaired) electrons. The molecule has 6 heteroatoms. The Morgan fingerprint density at radius 2 is 0.915 bits per heavy atom. The topological polar surface area (TPSA) is 72.2 Å². The molecule has 6 atom stereocenters. The fraction of sp³-hybridized carbons (Fsp3) is 0.509. The SMILES string of the molecule is CCCCCCCCCCCCCC/C=C/[C@@H](N)CC[C@H]1O[C@H](COCc2ccccc2)[C@H](OCc2ccccc2)[C@H](OCc2ccccc2)[C@H]1OCc1ccccc1. The first kappa shape index (κ1) is 46.4. The molecule has 0 aromatic heterocycles. The van der Waals surface area contributed by atoms with Crippen LogP contribution in [0.3, 0.4) is 0 Å². The van der Waals surface area contributed by atoms with Crippen molar-refractivity contribution < 1.29 is 23.7 Å². The Bertz CT molecular complexity index is 1620.